The molecule has 0 aliphatic heterocycles. The molecule has 12 rings (SSSR count). The second kappa shape index (κ2) is 15.3. The van der Waals surface area contributed by atoms with Gasteiger partial charge in [0.15, 0.2) is 0 Å². The lowest BCUT2D eigenvalue weighted by Gasteiger charge is -2.26. The standard InChI is InChI=1S/C60H39NO2/c1-3-11-40(12-4-1)42-25-31-49(32-26-42)61(50-33-27-43(28-34-50)41-13-5-2-6-14-41)51-35-29-45(30-36-51)48-16-9-15-47(39-48)44-21-23-46(24-22-44)52-18-10-20-56-58(52)59-57(62-56)38-37-54-53-17-7-8-19-55(53)63-60(54)59/h1-39H. The Hall–Kier alpha value is -8.40. The summed E-state index contributed by atoms with van der Waals surface area (Å²) in [4.78, 5) is 2.33. The number of anilines is 3. The van der Waals surface area contributed by atoms with Crippen LogP contribution in [0.3, 0.4) is 0 Å². The number of nitrogens with zero attached hydrogens (tertiary/aromatic N) is 1. The van der Waals surface area contributed by atoms with E-state index in [1.165, 1.54) is 27.8 Å². The fraction of sp³-hybridized carbons (Fsp3) is 0. The van der Waals surface area contributed by atoms with Crippen LogP contribution in [0.5, 0.6) is 0 Å². The fourth-order valence-electron chi connectivity index (χ4n) is 9.16. The van der Waals surface area contributed by atoms with E-state index in [-0.39, 0.29) is 0 Å². The van der Waals surface area contributed by atoms with Crippen LogP contribution in [0.2, 0.25) is 0 Å². The maximum atomic E-state index is 6.48. The lowest BCUT2D eigenvalue weighted by molar-refractivity contribution is 0.663. The van der Waals surface area contributed by atoms with Gasteiger partial charge in [-0.15, -0.1) is 0 Å². The molecule has 0 amide bonds. The molecule has 296 valence electrons. The van der Waals surface area contributed by atoms with Gasteiger partial charge in [0, 0.05) is 33.2 Å². The van der Waals surface area contributed by atoms with Crippen molar-refractivity contribution in [1.82, 2.24) is 0 Å². The zero-order valence-electron chi connectivity index (χ0n) is 34.3. The van der Waals surface area contributed by atoms with Crippen molar-refractivity contribution in [3.8, 4) is 55.6 Å². The molecule has 0 fully saturated rings. The third kappa shape index (κ3) is 6.55. The maximum absolute atomic E-state index is 6.48. The molecule has 0 N–H and O–H groups in total. The Kier molecular flexibility index (Phi) is 8.83. The van der Waals surface area contributed by atoms with Crippen LogP contribution in [-0.2, 0) is 0 Å². The third-order valence-electron chi connectivity index (χ3n) is 12.3. The summed E-state index contributed by atoms with van der Waals surface area (Å²) in [6.45, 7) is 0. The van der Waals surface area contributed by atoms with E-state index in [1.807, 2.05) is 18.2 Å². The predicted molar refractivity (Wildman–Crippen MR) is 263 cm³/mol. The Morgan fingerprint density at radius 3 is 1.27 bits per heavy atom. The third-order valence-corrected chi connectivity index (χ3v) is 12.3. The van der Waals surface area contributed by atoms with Crippen molar-refractivity contribution < 1.29 is 8.83 Å². The van der Waals surface area contributed by atoms with E-state index < -0.39 is 0 Å². The van der Waals surface area contributed by atoms with Gasteiger partial charge in [-0.05, 0) is 122 Å². The van der Waals surface area contributed by atoms with Crippen LogP contribution in [0.4, 0.5) is 17.1 Å². The minimum Gasteiger partial charge on any atom is -0.456 e. The highest BCUT2D eigenvalue weighted by Crippen LogP contribution is 2.43. The summed E-state index contributed by atoms with van der Waals surface area (Å²) in [6, 6.07) is 84.1. The minimum absolute atomic E-state index is 0.827. The van der Waals surface area contributed by atoms with Gasteiger partial charge in [-0.3, -0.25) is 0 Å². The zero-order valence-corrected chi connectivity index (χ0v) is 34.3. The molecule has 0 unspecified atom stereocenters. The number of hydrogen-bond donors (Lipinski definition) is 0. The van der Waals surface area contributed by atoms with Crippen LogP contribution in [0.25, 0.3) is 99.5 Å². The second-order valence-corrected chi connectivity index (χ2v) is 16.1. The molecular formula is C60H39NO2. The Labute approximate surface area is 365 Å². The van der Waals surface area contributed by atoms with E-state index in [9.17, 15) is 0 Å². The van der Waals surface area contributed by atoms with Crippen LogP contribution in [0, 0.1) is 0 Å². The molecule has 0 bridgehead atoms. The molecular weight excluding hydrogens is 767 g/mol. The average Bonchev–Trinajstić information content (AvgIpc) is 3.94. The van der Waals surface area contributed by atoms with Gasteiger partial charge in [-0.25, -0.2) is 0 Å². The van der Waals surface area contributed by atoms with Gasteiger partial charge in [-0.1, -0.05) is 170 Å². The molecule has 0 radical (unpaired) electrons. The molecule has 0 spiro atoms. The van der Waals surface area contributed by atoms with Crippen LogP contribution in [0.1, 0.15) is 0 Å². The molecule has 0 aliphatic rings. The molecule has 2 heterocycles. The first-order valence-electron chi connectivity index (χ1n) is 21.4. The molecule has 63 heavy (non-hydrogen) atoms. The Balaban J connectivity index is 0.858. The zero-order chi connectivity index (χ0) is 41.7. The van der Waals surface area contributed by atoms with E-state index in [4.69, 9.17) is 8.83 Å². The second-order valence-electron chi connectivity index (χ2n) is 16.1. The number of rotatable bonds is 8. The highest BCUT2D eigenvalue weighted by Gasteiger charge is 2.19. The first-order valence-corrected chi connectivity index (χ1v) is 21.4. The van der Waals surface area contributed by atoms with Crippen LogP contribution < -0.4 is 4.90 Å². The molecule has 3 heteroatoms. The molecule has 10 aromatic carbocycles. The first kappa shape index (κ1) is 36.5. The predicted octanol–water partition coefficient (Wildman–Crippen LogP) is 17.3. The van der Waals surface area contributed by atoms with Crippen molar-refractivity contribution in [2.45, 2.75) is 0 Å². The normalized spacial score (nSPS) is 11.5. The summed E-state index contributed by atoms with van der Waals surface area (Å²) >= 11 is 0. The van der Waals surface area contributed by atoms with Crippen molar-refractivity contribution in [2.24, 2.45) is 0 Å². The fourth-order valence-corrected chi connectivity index (χ4v) is 9.16. The van der Waals surface area contributed by atoms with Crippen LogP contribution >= 0.6 is 0 Å². The van der Waals surface area contributed by atoms with E-state index in [2.05, 4.69) is 223 Å². The summed E-state index contributed by atoms with van der Waals surface area (Å²) in [6.07, 6.45) is 0. The highest BCUT2D eigenvalue weighted by molar-refractivity contribution is 6.24. The molecule has 0 aliphatic carbocycles. The Morgan fingerprint density at radius 2 is 0.683 bits per heavy atom. The number of furan rings is 2. The molecule has 12 aromatic rings. The molecule has 2 aromatic heterocycles. The van der Waals surface area contributed by atoms with Crippen molar-refractivity contribution >= 4 is 60.9 Å². The van der Waals surface area contributed by atoms with E-state index in [0.29, 0.717) is 0 Å². The highest BCUT2D eigenvalue weighted by atomic mass is 16.3. The topological polar surface area (TPSA) is 29.5 Å². The molecule has 0 saturated heterocycles. The van der Waals surface area contributed by atoms with E-state index >= 15 is 0 Å². The van der Waals surface area contributed by atoms with Gasteiger partial charge in [0.1, 0.15) is 22.3 Å². The Bertz CT molecular complexity index is 3480. The van der Waals surface area contributed by atoms with Crippen molar-refractivity contribution in [3.05, 3.63) is 237 Å². The smallest absolute Gasteiger partial charge is 0.147 e. The first-order chi connectivity index (χ1) is 31.2. The van der Waals surface area contributed by atoms with Crippen molar-refractivity contribution in [1.29, 1.82) is 0 Å². The summed E-state index contributed by atoms with van der Waals surface area (Å²) in [7, 11) is 0. The minimum atomic E-state index is 0.827. The summed E-state index contributed by atoms with van der Waals surface area (Å²) in [5, 5.41) is 4.30. The average molecular weight is 806 g/mol. The van der Waals surface area contributed by atoms with E-state index in [1.54, 1.807) is 0 Å². The van der Waals surface area contributed by atoms with Crippen molar-refractivity contribution in [2.75, 3.05) is 4.90 Å². The molecule has 0 saturated carbocycles. The SMILES string of the molecule is c1ccc(-c2ccc(N(c3ccc(-c4ccccc4)cc3)c3ccc(-c4cccc(-c5ccc(-c6cccc7oc8ccc9c%10ccccc%10oc9c8c67)cc5)c4)cc3)cc2)cc1. The van der Waals surface area contributed by atoms with Crippen LogP contribution in [0.15, 0.2) is 245 Å². The van der Waals surface area contributed by atoms with Gasteiger partial charge in [0.25, 0.3) is 0 Å². The lowest BCUT2D eigenvalue weighted by Crippen LogP contribution is -2.09. The Morgan fingerprint density at radius 1 is 0.254 bits per heavy atom. The van der Waals surface area contributed by atoms with Gasteiger partial charge >= 0.3 is 0 Å². The quantitative estimate of drug-likeness (QED) is 0.153. The van der Waals surface area contributed by atoms with Gasteiger partial charge in [-0.2, -0.15) is 0 Å². The maximum Gasteiger partial charge on any atom is 0.147 e. The molecule has 0 atom stereocenters. The van der Waals surface area contributed by atoms with Crippen molar-refractivity contribution in [3.63, 3.8) is 0 Å². The number of para-hydroxylation sites is 1. The van der Waals surface area contributed by atoms with Gasteiger partial charge in [0.2, 0.25) is 0 Å². The van der Waals surface area contributed by atoms with Gasteiger partial charge in [0.05, 0.1) is 5.39 Å². The number of benzene rings is 10. The lowest BCUT2D eigenvalue weighted by atomic mass is 9.95. The van der Waals surface area contributed by atoms with Crippen LogP contribution in [-0.4, -0.2) is 0 Å². The summed E-state index contributed by atoms with van der Waals surface area (Å²) < 4.78 is 12.9. The van der Waals surface area contributed by atoms with E-state index in [0.717, 1.165) is 88.8 Å². The largest absolute Gasteiger partial charge is 0.456 e. The van der Waals surface area contributed by atoms with Gasteiger partial charge < -0.3 is 13.7 Å². The summed E-state index contributed by atoms with van der Waals surface area (Å²) in [5.74, 6) is 0. The summed E-state index contributed by atoms with van der Waals surface area (Å²) in [5.41, 5.74) is 18.4. The monoisotopic (exact) mass is 805 g/mol. The molecule has 3 nitrogen and oxygen atoms in total. The number of hydrogen-bond acceptors (Lipinski definition) is 3. The number of fused-ring (bicyclic) bond motifs is 7.